The normalized spacial score (nSPS) is 17.2. The molecule has 1 saturated carbocycles. The molecule has 1 fully saturated rings. The van der Waals surface area contributed by atoms with Crippen LogP contribution in [-0.4, -0.2) is 23.0 Å². The van der Waals surface area contributed by atoms with E-state index in [4.69, 9.17) is 11.6 Å². The SMILES string of the molecule is O=C(NC(C(=O)O)C1CCCCC1)c1ccc(F)c(Cl)c1. The number of carbonyl (C=O) groups excluding carboxylic acids is 1. The van der Waals surface area contributed by atoms with Crippen LogP contribution in [0, 0.1) is 11.7 Å². The van der Waals surface area contributed by atoms with Crippen molar-refractivity contribution in [2.75, 3.05) is 0 Å². The lowest BCUT2D eigenvalue weighted by molar-refractivity contribution is -0.141. The number of carbonyl (C=O) groups is 2. The molecule has 1 aromatic rings. The van der Waals surface area contributed by atoms with E-state index in [9.17, 15) is 19.1 Å². The van der Waals surface area contributed by atoms with Gasteiger partial charge in [0.2, 0.25) is 0 Å². The molecule has 1 amide bonds. The first-order valence-electron chi connectivity index (χ1n) is 6.98. The van der Waals surface area contributed by atoms with Crippen LogP contribution in [-0.2, 0) is 4.79 Å². The first-order valence-corrected chi connectivity index (χ1v) is 7.35. The molecule has 0 aromatic heterocycles. The van der Waals surface area contributed by atoms with E-state index < -0.39 is 23.7 Å². The second-order valence-electron chi connectivity index (χ2n) is 5.32. The number of rotatable bonds is 4. The number of carboxylic acid groups (broad SMARTS) is 1. The maximum Gasteiger partial charge on any atom is 0.326 e. The molecule has 2 N–H and O–H groups in total. The molecule has 0 spiro atoms. The van der Waals surface area contributed by atoms with Crippen molar-refractivity contribution in [1.29, 1.82) is 0 Å². The third-order valence-electron chi connectivity index (χ3n) is 3.86. The van der Waals surface area contributed by atoms with Crippen molar-refractivity contribution in [3.05, 3.63) is 34.6 Å². The number of carboxylic acids is 1. The van der Waals surface area contributed by atoms with Crippen molar-refractivity contribution in [3.8, 4) is 0 Å². The van der Waals surface area contributed by atoms with Gasteiger partial charge in [-0.1, -0.05) is 30.9 Å². The van der Waals surface area contributed by atoms with Crippen LogP contribution in [0.15, 0.2) is 18.2 Å². The van der Waals surface area contributed by atoms with E-state index in [0.29, 0.717) is 0 Å². The molecule has 1 aliphatic carbocycles. The van der Waals surface area contributed by atoms with Gasteiger partial charge in [-0.15, -0.1) is 0 Å². The lowest BCUT2D eigenvalue weighted by atomic mass is 9.84. The van der Waals surface area contributed by atoms with Crippen LogP contribution in [0.3, 0.4) is 0 Å². The Morgan fingerprint density at radius 1 is 1.29 bits per heavy atom. The number of nitrogens with one attached hydrogen (secondary N) is 1. The Morgan fingerprint density at radius 3 is 2.52 bits per heavy atom. The van der Waals surface area contributed by atoms with E-state index in [1.807, 2.05) is 0 Å². The standard InChI is InChI=1S/C15H17ClFNO3/c16-11-8-10(6-7-12(11)17)14(19)18-13(15(20)21)9-4-2-1-3-5-9/h6-9,13H,1-5H2,(H,18,19)(H,20,21). The molecule has 114 valence electrons. The van der Waals surface area contributed by atoms with Crippen molar-refractivity contribution in [3.63, 3.8) is 0 Å². The van der Waals surface area contributed by atoms with Crippen molar-refractivity contribution in [2.45, 2.75) is 38.1 Å². The number of aliphatic carboxylic acids is 1. The fourth-order valence-electron chi connectivity index (χ4n) is 2.71. The van der Waals surface area contributed by atoms with E-state index in [0.717, 1.165) is 38.2 Å². The average molecular weight is 314 g/mol. The molecule has 2 rings (SSSR count). The molecule has 21 heavy (non-hydrogen) atoms. The monoisotopic (exact) mass is 313 g/mol. The van der Waals surface area contributed by atoms with E-state index in [1.165, 1.54) is 12.1 Å². The van der Waals surface area contributed by atoms with Gasteiger partial charge in [-0.05, 0) is 37.0 Å². The molecule has 4 nitrogen and oxygen atoms in total. The summed E-state index contributed by atoms with van der Waals surface area (Å²) >= 11 is 5.63. The van der Waals surface area contributed by atoms with E-state index in [-0.39, 0.29) is 16.5 Å². The van der Waals surface area contributed by atoms with Crippen molar-refractivity contribution in [1.82, 2.24) is 5.32 Å². The summed E-state index contributed by atoms with van der Waals surface area (Å²) in [5.41, 5.74) is 0.156. The molecule has 1 aromatic carbocycles. The summed E-state index contributed by atoms with van der Waals surface area (Å²) in [5.74, 6) is -2.26. The van der Waals surface area contributed by atoms with E-state index >= 15 is 0 Å². The maximum absolute atomic E-state index is 13.1. The smallest absolute Gasteiger partial charge is 0.326 e. The fraction of sp³-hybridized carbons (Fsp3) is 0.467. The minimum Gasteiger partial charge on any atom is -0.480 e. The van der Waals surface area contributed by atoms with Crippen LogP contribution in [0.4, 0.5) is 4.39 Å². The highest BCUT2D eigenvalue weighted by atomic mass is 35.5. The molecule has 0 radical (unpaired) electrons. The number of halogens is 2. The van der Waals surface area contributed by atoms with Crippen LogP contribution < -0.4 is 5.32 Å². The largest absolute Gasteiger partial charge is 0.480 e. The Labute approximate surface area is 127 Å². The predicted molar refractivity (Wildman–Crippen MR) is 76.9 cm³/mol. The second kappa shape index (κ2) is 6.89. The molecular weight excluding hydrogens is 297 g/mol. The lowest BCUT2D eigenvalue weighted by Gasteiger charge is -2.28. The Kier molecular flexibility index (Phi) is 5.17. The summed E-state index contributed by atoms with van der Waals surface area (Å²) < 4.78 is 13.1. The summed E-state index contributed by atoms with van der Waals surface area (Å²) in [5, 5.41) is 11.7. The summed E-state index contributed by atoms with van der Waals surface area (Å²) in [6.45, 7) is 0. The van der Waals surface area contributed by atoms with Gasteiger partial charge in [-0.3, -0.25) is 4.79 Å². The van der Waals surface area contributed by atoms with Crippen LogP contribution in [0.1, 0.15) is 42.5 Å². The summed E-state index contributed by atoms with van der Waals surface area (Å²) in [7, 11) is 0. The van der Waals surface area contributed by atoms with Gasteiger partial charge in [-0.25, -0.2) is 9.18 Å². The zero-order valence-electron chi connectivity index (χ0n) is 11.4. The van der Waals surface area contributed by atoms with Gasteiger partial charge in [0.1, 0.15) is 11.9 Å². The fourth-order valence-corrected chi connectivity index (χ4v) is 2.89. The summed E-state index contributed by atoms with van der Waals surface area (Å²) in [6.07, 6.45) is 4.65. The highest BCUT2D eigenvalue weighted by Crippen LogP contribution is 2.27. The van der Waals surface area contributed by atoms with Gasteiger partial charge in [0, 0.05) is 5.56 Å². The highest BCUT2D eigenvalue weighted by Gasteiger charge is 2.31. The molecule has 1 atom stereocenters. The first kappa shape index (κ1) is 15.8. The highest BCUT2D eigenvalue weighted by molar-refractivity contribution is 6.31. The Bertz CT molecular complexity index is 544. The Morgan fingerprint density at radius 2 is 1.95 bits per heavy atom. The number of hydrogen-bond donors (Lipinski definition) is 2. The zero-order valence-corrected chi connectivity index (χ0v) is 12.2. The number of amides is 1. The minimum absolute atomic E-state index is 0.0591. The number of benzene rings is 1. The molecular formula is C15H17ClFNO3. The predicted octanol–water partition coefficient (Wildman–Crippen LogP) is 3.24. The number of hydrogen-bond acceptors (Lipinski definition) is 2. The molecule has 1 aliphatic rings. The topological polar surface area (TPSA) is 66.4 Å². The summed E-state index contributed by atoms with van der Waals surface area (Å²) in [6, 6.07) is 2.66. The first-order chi connectivity index (χ1) is 9.99. The summed E-state index contributed by atoms with van der Waals surface area (Å²) in [4.78, 5) is 23.5. The minimum atomic E-state index is -1.04. The van der Waals surface area contributed by atoms with Crippen molar-refractivity contribution < 1.29 is 19.1 Å². The van der Waals surface area contributed by atoms with Crippen LogP contribution in [0.25, 0.3) is 0 Å². The van der Waals surface area contributed by atoms with Gasteiger partial charge in [0.25, 0.3) is 5.91 Å². The lowest BCUT2D eigenvalue weighted by Crippen LogP contribution is -2.46. The van der Waals surface area contributed by atoms with Crippen molar-refractivity contribution in [2.24, 2.45) is 5.92 Å². The molecule has 0 heterocycles. The van der Waals surface area contributed by atoms with Gasteiger partial charge >= 0.3 is 5.97 Å². The third-order valence-corrected chi connectivity index (χ3v) is 4.15. The van der Waals surface area contributed by atoms with Crippen LogP contribution in [0.2, 0.25) is 5.02 Å². The van der Waals surface area contributed by atoms with Crippen LogP contribution in [0.5, 0.6) is 0 Å². The molecule has 1 unspecified atom stereocenters. The van der Waals surface area contributed by atoms with E-state index in [2.05, 4.69) is 5.32 Å². The quantitative estimate of drug-likeness (QED) is 0.896. The zero-order chi connectivity index (χ0) is 15.4. The van der Waals surface area contributed by atoms with E-state index in [1.54, 1.807) is 0 Å². The Hall–Kier alpha value is -1.62. The average Bonchev–Trinajstić information content (AvgIpc) is 2.48. The second-order valence-corrected chi connectivity index (χ2v) is 5.72. The van der Waals surface area contributed by atoms with Crippen LogP contribution >= 0.6 is 11.6 Å². The van der Waals surface area contributed by atoms with Gasteiger partial charge in [0.15, 0.2) is 0 Å². The van der Waals surface area contributed by atoms with Gasteiger partial charge in [-0.2, -0.15) is 0 Å². The van der Waals surface area contributed by atoms with Gasteiger partial charge in [0.05, 0.1) is 5.02 Å². The molecule has 0 bridgehead atoms. The molecule has 0 saturated heterocycles. The maximum atomic E-state index is 13.1. The van der Waals surface area contributed by atoms with Gasteiger partial charge < -0.3 is 10.4 Å². The third kappa shape index (κ3) is 3.94. The molecule has 0 aliphatic heterocycles. The Balaban J connectivity index is 2.10. The van der Waals surface area contributed by atoms with Crippen molar-refractivity contribution >= 4 is 23.5 Å². The molecule has 6 heteroatoms.